The molecule has 4 rings (SSSR count). The Labute approximate surface area is 199 Å². The van der Waals surface area contributed by atoms with E-state index in [0.717, 1.165) is 23.5 Å². The van der Waals surface area contributed by atoms with Gasteiger partial charge in [-0.15, -0.1) is 0 Å². The van der Waals surface area contributed by atoms with Crippen molar-refractivity contribution in [1.29, 1.82) is 0 Å². The first-order valence-corrected chi connectivity index (χ1v) is 12.7. The summed E-state index contributed by atoms with van der Waals surface area (Å²) in [5, 5.41) is 0. The van der Waals surface area contributed by atoms with Crippen molar-refractivity contribution in [3.05, 3.63) is 106 Å². The highest BCUT2D eigenvalue weighted by molar-refractivity contribution is 5.70. The zero-order valence-corrected chi connectivity index (χ0v) is 20.1. The minimum Gasteiger partial charge on any atom is -0.206 e. The molecule has 1 unspecified atom stereocenters. The van der Waals surface area contributed by atoms with Gasteiger partial charge in [0.05, 0.1) is 0 Å². The van der Waals surface area contributed by atoms with E-state index in [2.05, 4.69) is 68.4 Å². The van der Waals surface area contributed by atoms with Gasteiger partial charge in [0.15, 0.2) is 0 Å². The van der Waals surface area contributed by atoms with Crippen molar-refractivity contribution in [3.8, 4) is 0 Å². The van der Waals surface area contributed by atoms with E-state index < -0.39 is 0 Å². The molecule has 1 aliphatic carbocycles. The lowest BCUT2D eigenvalue weighted by molar-refractivity contribution is 0.308. The molecule has 0 nitrogen and oxygen atoms in total. The Morgan fingerprint density at radius 2 is 1.61 bits per heavy atom. The van der Waals surface area contributed by atoms with E-state index in [1.54, 1.807) is 6.07 Å². The van der Waals surface area contributed by atoms with Gasteiger partial charge in [-0.25, -0.2) is 4.39 Å². The molecule has 1 heteroatoms. The van der Waals surface area contributed by atoms with Gasteiger partial charge in [0.1, 0.15) is 5.82 Å². The average Bonchev–Trinajstić information content (AvgIpc) is 2.85. The molecule has 0 saturated heterocycles. The number of halogens is 1. The van der Waals surface area contributed by atoms with Crippen molar-refractivity contribution in [2.24, 2.45) is 5.92 Å². The van der Waals surface area contributed by atoms with E-state index in [4.69, 9.17) is 0 Å². The summed E-state index contributed by atoms with van der Waals surface area (Å²) < 4.78 is 14.7. The summed E-state index contributed by atoms with van der Waals surface area (Å²) in [5.74, 6) is 1.87. The Morgan fingerprint density at radius 3 is 2.27 bits per heavy atom. The normalized spacial score (nSPS) is 19.6. The molecule has 0 N–H and O–H groups in total. The smallest absolute Gasteiger partial charge is 0.130 e. The van der Waals surface area contributed by atoms with Crippen LogP contribution in [0.3, 0.4) is 0 Å². The van der Waals surface area contributed by atoms with E-state index in [1.807, 2.05) is 24.3 Å². The van der Waals surface area contributed by atoms with Gasteiger partial charge in [-0.1, -0.05) is 106 Å². The Bertz CT molecular complexity index is 1020. The van der Waals surface area contributed by atoms with Crippen molar-refractivity contribution in [2.45, 2.75) is 70.6 Å². The first-order valence-electron chi connectivity index (χ1n) is 12.7. The third kappa shape index (κ3) is 6.44. The minimum absolute atomic E-state index is 0.149. The lowest BCUT2D eigenvalue weighted by Crippen LogP contribution is -2.13. The highest BCUT2D eigenvalue weighted by Crippen LogP contribution is 2.37. The van der Waals surface area contributed by atoms with Crippen molar-refractivity contribution in [1.82, 2.24) is 0 Å². The van der Waals surface area contributed by atoms with Gasteiger partial charge in [-0.2, -0.15) is 0 Å². The summed E-state index contributed by atoms with van der Waals surface area (Å²) in [6, 6.07) is 25.0. The largest absolute Gasteiger partial charge is 0.206 e. The van der Waals surface area contributed by atoms with E-state index in [-0.39, 0.29) is 5.82 Å². The summed E-state index contributed by atoms with van der Waals surface area (Å²) in [5.41, 5.74) is 5.56. The van der Waals surface area contributed by atoms with Crippen LogP contribution >= 0.6 is 0 Å². The van der Waals surface area contributed by atoms with Crippen molar-refractivity contribution >= 4 is 12.2 Å². The van der Waals surface area contributed by atoms with Crippen LogP contribution in [0.5, 0.6) is 0 Å². The average molecular weight is 441 g/mol. The predicted molar refractivity (Wildman–Crippen MR) is 140 cm³/mol. The van der Waals surface area contributed by atoms with Gasteiger partial charge in [-0.05, 0) is 78.2 Å². The molecule has 0 aliphatic heterocycles. The SMILES string of the molecule is CCCC1CCC(c2ccc(/C=C/c3ccc(CC(C)c4ccccc4)cc3F)cc2)CC1. The first kappa shape index (κ1) is 23.5. The topological polar surface area (TPSA) is 0 Å². The zero-order chi connectivity index (χ0) is 23.0. The second-order valence-electron chi connectivity index (χ2n) is 9.88. The molecule has 0 radical (unpaired) electrons. The van der Waals surface area contributed by atoms with E-state index in [0.29, 0.717) is 17.4 Å². The maximum absolute atomic E-state index is 14.7. The molecule has 33 heavy (non-hydrogen) atoms. The molecule has 1 fully saturated rings. The van der Waals surface area contributed by atoms with Crippen LogP contribution < -0.4 is 0 Å². The van der Waals surface area contributed by atoms with E-state index in [1.165, 1.54) is 49.7 Å². The lowest BCUT2D eigenvalue weighted by Gasteiger charge is -2.28. The molecule has 1 aliphatic rings. The Hall–Kier alpha value is -2.67. The zero-order valence-electron chi connectivity index (χ0n) is 20.1. The van der Waals surface area contributed by atoms with Gasteiger partial charge in [0.25, 0.3) is 0 Å². The van der Waals surface area contributed by atoms with Gasteiger partial charge in [0.2, 0.25) is 0 Å². The van der Waals surface area contributed by atoms with Gasteiger partial charge in [-0.3, -0.25) is 0 Å². The quantitative estimate of drug-likeness (QED) is 0.306. The molecule has 3 aromatic carbocycles. The summed E-state index contributed by atoms with van der Waals surface area (Å²) in [7, 11) is 0. The third-order valence-electron chi connectivity index (χ3n) is 7.38. The predicted octanol–water partition coefficient (Wildman–Crippen LogP) is 9.42. The van der Waals surface area contributed by atoms with Crippen molar-refractivity contribution in [3.63, 3.8) is 0 Å². The maximum Gasteiger partial charge on any atom is 0.130 e. The van der Waals surface area contributed by atoms with Crippen LogP contribution in [0.4, 0.5) is 4.39 Å². The highest BCUT2D eigenvalue weighted by Gasteiger charge is 2.21. The molecular weight excluding hydrogens is 403 g/mol. The molecule has 1 saturated carbocycles. The summed E-state index contributed by atoms with van der Waals surface area (Å²) in [6.07, 6.45) is 12.8. The highest BCUT2D eigenvalue weighted by atomic mass is 19.1. The summed E-state index contributed by atoms with van der Waals surface area (Å²) >= 11 is 0. The first-order chi connectivity index (χ1) is 16.1. The molecule has 172 valence electrons. The molecule has 3 aromatic rings. The monoisotopic (exact) mass is 440 g/mol. The molecule has 0 aromatic heterocycles. The van der Waals surface area contributed by atoms with Crippen LogP contribution in [0.25, 0.3) is 12.2 Å². The molecule has 0 bridgehead atoms. The van der Waals surface area contributed by atoms with Crippen LogP contribution in [0.2, 0.25) is 0 Å². The number of benzene rings is 3. The van der Waals surface area contributed by atoms with Crippen molar-refractivity contribution in [2.75, 3.05) is 0 Å². The molecule has 0 heterocycles. The number of hydrogen-bond donors (Lipinski definition) is 0. The van der Waals surface area contributed by atoms with Crippen LogP contribution in [-0.2, 0) is 6.42 Å². The summed E-state index contributed by atoms with van der Waals surface area (Å²) in [6.45, 7) is 4.49. The molecule has 1 atom stereocenters. The van der Waals surface area contributed by atoms with Crippen LogP contribution in [0.15, 0.2) is 72.8 Å². The standard InChI is InChI=1S/C32H37F/c1-3-7-25-10-16-29(17-11-25)30-18-12-26(13-19-30)14-20-31-21-15-27(23-32(31)33)22-24(2)28-8-5-4-6-9-28/h4-6,8-9,12-15,18-21,23-25,29H,3,7,10-11,16-17,22H2,1-2H3/b20-14+. The van der Waals surface area contributed by atoms with Gasteiger partial charge >= 0.3 is 0 Å². The second kappa shape index (κ2) is 11.5. The minimum atomic E-state index is -0.149. The number of rotatable bonds is 8. The third-order valence-corrected chi connectivity index (χ3v) is 7.38. The van der Waals surface area contributed by atoms with E-state index in [9.17, 15) is 4.39 Å². The second-order valence-corrected chi connectivity index (χ2v) is 9.88. The Kier molecular flexibility index (Phi) is 8.15. The maximum atomic E-state index is 14.7. The summed E-state index contributed by atoms with van der Waals surface area (Å²) in [4.78, 5) is 0. The van der Waals surface area contributed by atoms with Gasteiger partial charge in [0, 0.05) is 5.56 Å². The molecule has 0 amide bonds. The van der Waals surface area contributed by atoms with E-state index >= 15 is 0 Å². The Morgan fingerprint density at radius 1 is 0.879 bits per heavy atom. The fourth-order valence-corrected chi connectivity index (χ4v) is 5.34. The van der Waals surface area contributed by atoms with Crippen LogP contribution in [0.1, 0.15) is 92.0 Å². The number of hydrogen-bond acceptors (Lipinski definition) is 0. The molecular formula is C32H37F. The fraction of sp³-hybridized carbons (Fsp3) is 0.375. The fourth-order valence-electron chi connectivity index (χ4n) is 5.34. The molecule has 0 spiro atoms. The van der Waals surface area contributed by atoms with Crippen molar-refractivity contribution < 1.29 is 4.39 Å². The van der Waals surface area contributed by atoms with Crippen LogP contribution in [-0.4, -0.2) is 0 Å². The lowest BCUT2D eigenvalue weighted by atomic mass is 9.77. The van der Waals surface area contributed by atoms with Crippen LogP contribution in [0, 0.1) is 11.7 Å². The van der Waals surface area contributed by atoms with Gasteiger partial charge < -0.3 is 0 Å². The Balaban J connectivity index is 1.35.